The van der Waals surface area contributed by atoms with E-state index in [1.54, 1.807) is 0 Å². The van der Waals surface area contributed by atoms with Crippen LogP contribution in [0.5, 0.6) is 0 Å². The number of rotatable bonds is 7. The smallest absolute Gasteiger partial charge is 0.0622 e. The fourth-order valence-electron chi connectivity index (χ4n) is 10.5. The maximum Gasteiger partial charge on any atom is 0.0713 e. The molecule has 0 fully saturated rings. The molecule has 0 amide bonds. The zero-order valence-electron chi connectivity index (χ0n) is 34.3. The number of hydrogen-bond donors (Lipinski definition) is 0. The molecule has 12 rings (SSSR count). The second kappa shape index (κ2) is 14.7. The van der Waals surface area contributed by atoms with Gasteiger partial charge in [0.15, 0.2) is 0 Å². The molecule has 62 heavy (non-hydrogen) atoms. The minimum Gasteiger partial charge on any atom is -0.0622 e. The largest absolute Gasteiger partial charge is 0.0713 e. The molecule has 10 aromatic carbocycles. The Kier molecular flexibility index (Phi) is 8.57. The van der Waals surface area contributed by atoms with Gasteiger partial charge in [0.2, 0.25) is 0 Å². The summed E-state index contributed by atoms with van der Waals surface area (Å²) in [6, 6.07) is 90.0. The van der Waals surface area contributed by atoms with Crippen molar-refractivity contribution in [2.75, 3.05) is 0 Å². The highest BCUT2D eigenvalue weighted by Crippen LogP contribution is 2.57. The van der Waals surface area contributed by atoms with Gasteiger partial charge in [0.1, 0.15) is 0 Å². The molecule has 0 saturated heterocycles. The van der Waals surface area contributed by atoms with Gasteiger partial charge in [0.05, 0.1) is 5.41 Å². The van der Waals surface area contributed by atoms with E-state index in [9.17, 15) is 0 Å². The molecule has 0 atom stereocenters. The molecule has 0 heterocycles. The lowest BCUT2D eigenvalue weighted by molar-refractivity contribution is 0.768. The third-order valence-electron chi connectivity index (χ3n) is 13.4. The minimum atomic E-state index is -0.463. The molecule has 0 N–H and O–H groups in total. The van der Waals surface area contributed by atoms with Gasteiger partial charge in [-0.25, -0.2) is 0 Å². The van der Waals surface area contributed by atoms with Crippen LogP contribution in [0, 0.1) is 0 Å². The van der Waals surface area contributed by atoms with Gasteiger partial charge in [-0.1, -0.05) is 218 Å². The SMILES string of the molecule is c1ccc(C2=C(c3ccc(-c4ccc5c(c4)-c4cc(-c6ccc7ccccc7c6)ccc4C5(c4ccccc4)c4ccccc4)cc3)Cc3ccc(-c4ccccc4)cc32)cc1. The summed E-state index contributed by atoms with van der Waals surface area (Å²) in [5, 5.41) is 2.51. The van der Waals surface area contributed by atoms with E-state index in [0.29, 0.717) is 0 Å². The summed E-state index contributed by atoms with van der Waals surface area (Å²) >= 11 is 0. The summed E-state index contributed by atoms with van der Waals surface area (Å²) in [5.41, 5.74) is 22.6. The molecule has 0 spiro atoms. The molecule has 290 valence electrons. The Morgan fingerprint density at radius 1 is 0.274 bits per heavy atom. The fraction of sp³-hybridized carbons (Fsp3) is 0.0323. The average molecular weight is 787 g/mol. The molecule has 0 aromatic heterocycles. The maximum atomic E-state index is 2.45. The van der Waals surface area contributed by atoms with Crippen LogP contribution in [0.1, 0.15) is 44.5 Å². The monoisotopic (exact) mass is 786 g/mol. The quantitative estimate of drug-likeness (QED) is 0.151. The van der Waals surface area contributed by atoms with Crippen molar-refractivity contribution in [3.05, 3.63) is 287 Å². The van der Waals surface area contributed by atoms with Crippen LogP contribution in [-0.4, -0.2) is 0 Å². The lowest BCUT2D eigenvalue weighted by atomic mass is 9.67. The van der Waals surface area contributed by atoms with Crippen molar-refractivity contribution in [3.63, 3.8) is 0 Å². The van der Waals surface area contributed by atoms with Gasteiger partial charge in [-0.05, 0) is 142 Å². The molecule has 0 aliphatic heterocycles. The Morgan fingerprint density at radius 3 is 1.31 bits per heavy atom. The summed E-state index contributed by atoms with van der Waals surface area (Å²) in [5.74, 6) is 0. The molecular weight excluding hydrogens is 745 g/mol. The first-order chi connectivity index (χ1) is 30.7. The Balaban J connectivity index is 0.995. The standard InChI is InChI=1S/C62H42/c1-5-15-42(16-6-1)49-31-32-52-41-55(61(56(52)38-49)46-18-7-2-8-19-46)45-28-25-44(26-29-45)50-33-35-59-57(39-50)58-40-51(48-30-27-43-17-13-14-20-47(43)37-48)34-36-60(58)62(59,53-21-9-3-10-22-53)54-23-11-4-12-24-54/h1-40H,41H2. The fourth-order valence-corrected chi connectivity index (χ4v) is 10.5. The average Bonchev–Trinajstić information content (AvgIpc) is 3.88. The van der Waals surface area contributed by atoms with E-state index in [0.717, 1.165) is 6.42 Å². The van der Waals surface area contributed by atoms with Crippen molar-refractivity contribution in [3.8, 4) is 44.5 Å². The van der Waals surface area contributed by atoms with E-state index in [4.69, 9.17) is 0 Å². The molecular formula is C62H42. The molecule has 2 aliphatic carbocycles. The Labute approximate surface area is 363 Å². The van der Waals surface area contributed by atoms with Crippen LogP contribution in [0.3, 0.4) is 0 Å². The van der Waals surface area contributed by atoms with E-state index in [1.807, 2.05) is 0 Å². The third-order valence-corrected chi connectivity index (χ3v) is 13.4. The van der Waals surface area contributed by atoms with Crippen LogP contribution in [0.25, 0.3) is 66.4 Å². The number of hydrogen-bond acceptors (Lipinski definition) is 0. The molecule has 0 saturated carbocycles. The number of allylic oxidation sites excluding steroid dienone is 1. The first-order valence-corrected chi connectivity index (χ1v) is 21.7. The number of benzene rings is 10. The zero-order chi connectivity index (χ0) is 41.0. The van der Waals surface area contributed by atoms with E-state index < -0.39 is 5.41 Å². The van der Waals surface area contributed by atoms with Crippen molar-refractivity contribution < 1.29 is 0 Å². The highest BCUT2D eigenvalue weighted by Gasteiger charge is 2.46. The molecule has 0 unspecified atom stereocenters. The van der Waals surface area contributed by atoms with Gasteiger partial charge >= 0.3 is 0 Å². The summed E-state index contributed by atoms with van der Waals surface area (Å²) in [7, 11) is 0. The van der Waals surface area contributed by atoms with Crippen molar-refractivity contribution in [2.24, 2.45) is 0 Å². The third kappa shape index (κ3) is 5.83. The van der Waals surface area contributed by atoms with E-state index in [1.165, 1.54) is 111 Å². The first kappa shape index (κ1) is 36.1. The van der Waals surface area contributed by atoms with E-state index in [2.05, 4.69) is 243 Å². The lowest BCUT2D eigenvalue weighted by Gasteiger charge is -2.34. The predicted molar refractivity (Wildman–Crippen MR) is 260 cm³/mol. The second-order valence-electron chi connectivity index (χ2n) is 16.8. The van der Waals surface area contributed by atoms with Gasteiger partial charge in [-0.3, -0.25) is 0 Å². The normalized spacial score (nSPS) is 13.5. The molecule has 0 radical (unpaired) electrons. The van der Waals surface area contributed by atoms with Gasteiger partial charge in [0.25, 0.3) is 0 Å². The van der Waals surface area contributed by atoms with Gasteiger partial charge in [-0.2, -0.15) is 0 Å². The highest BCUT2D eigenvalue weighted by atomic mass is 14.5. The van der Waals surface area contributed by atoms with Crippen LogP contribution >= 0.6 is 0 Å². The summed E-state index contributed by atoms with van der Waals surface area (Å²) < 4.78 is 0. The zero-order valence-corrected chi connectivity index (χ0v) is 34.3. The summed E-state index contributed by atoms with van der Waals surface area (Å²) in [6.45, 7) is 0. The van der Waals surface area contributed by atoms with Gasteiger partial charge in [0, 0.05) is 0 Å². The summed E-state index contributed by atoms with van der Waals surface area (Å²) in [6.07, 6.45) is 0.907. The van der Waals surface area contributed by atoms with Crippen molar-refractivity contribution in [1.29, 1.82) is 0 Å². The minimum absolute atomic E-state index is 0.463. The van der Waals surface area contributed by atoms with Crippen LogP contribution in [0.15, 0.2) is 243 Å². The number of fused-ring (bicyclic) bond motifs is 5. The van der Waals surface area contributed by atoms with Crippen LogP contribution in [0.2, 0.25) is 0 Å². The van der Waals surface area contributed by atoms with Gasteiger partial charge < -0.3 is 0 Å². The summed E-state index contributed by atoms with van der Waals surface area (Å²) in [4.78, 5) is 0. The van der Waals surface area contributed by atoms with Crippen LogP contribution < -0.4 is 0 Å². The molecule has 10 aromatic rings. The first-order valence-electron chi connectivity index (χ1n) is 21.7. The maximum absolute atomic E-state index is 2.45. The topological polar surface area (TPSA) is 0 Å². The predicted octanol–water partition coefficient (Wildman–Crippen LogP) is 15.7. The van der Waals surface area contributed by atoms with Crippen molar-refractivity contribution >= 4 is 21.9 Å². The van der Waals surface area contributed by atoms with Crippen LogP contribution in [0.4, 0.5) is 0 Å². The van der Waals surface area contributed by atoms with E-state index >= 15 is 0 Å². The molecule has 0 nitrogen and oxygen atoms in total. The molecule has 0 bridgehead atoms. The Morgan fingerprint density at radius 2 is 0.694 bits per heavy atom. The van der Waals surface area contributed by atoms with Crippen LogP contribution in [-0.2, 0) is 11.8 Å². The lowest BCUT2D eigenvalue weighted by Crippen LogP contribution is -2.28. The van der Waals surface area contributed by atoms with Crippen molar-refractivity contribution in [1.82, 2.24) is 0 Å². The Bertz CT molecular complexity index is 3280. The van der Waals surface area contributed by atoms with Gasteiger partial charge in [-0.15, -0.1) is 0 Å². The van der Waals surface area contributed by atoms with E-state index in [-0.39, 0.29) is 0 Å². The highest BCUT2D eigenvalue weighted by molar-refractivity contribution is 6.04. The van der Waals surface area contributed by atoms with Crippen molar-refractivity contribution in [2.45, 2.75) is 11.8 Å². The Hall–Kier alpha value is -7.80. The molecule has 2 aliphatic rings. The second-order valence-corrected chi connectivity index (χ2v) is 16.8. The molecule has 0 heteroatoms.